The molecule has 2 aliphatic heterocycles. The third kappa shape index (κ3) is 3.68. The molecule has 26 heavy (non-hydrogen) atoms. The van der Waals surface area contributed by atoms with Gasteiger partial charge in [0.2, 0.25) is 11.8 Å². The molecule has 0 radical (unpaired) electrons. The van der Waals surface area contributed by atoms with Gasteiger partial charge in [0.1, 0.15) is 0 Å². The van der Waals surface area contributed by atoms with Crippen molar-refractivity contribution in [3.8, 4) is 0 Å². The first-order valence-corrected chi connectivity index (χ1v) is 10.3. The largest absolute Gasteiger partial charge is 0.342 e. The van der Waals surface area contributed by atoms with E-state index < -0.39 is 0 Å². The number of likely N-dealkylation sites (tertiary alicyclic amines) is 1. The van der Waals surface area contributed by atoms with Crippen LogP contribution in [0.2, 0.25) is 0 Å². The van der Waals surface area contributed by atoms with Gasteiger partial charge in [-0.1, -0.05) is 24.3 Å². The number of nitrogens with zero attached hydrogens (tertiary/aromatic N) is 2. The fraction of sp³-hybridized carbons (Fsp3) is 0.429. The van der Waals surface area contributed by atoms with E-state index in [-0.39, 0.29) is 17.7 Å². The van der Waals surface area contributed by atoms with Gasteiger partial charge in [-0.05, 0) is 48.8 Å². The lowest BCUT2D eigenvalue weighted by atomic mass is 9.92. The number of carbonyl (C=O) groups excluding carboxylic acids is 2. The Morgan fingerprint density at radius 3 is 2.54 bits per heavy atom. The Labute approximate surface area is 158 Å². The minimum Gasteiger partial charge on any atom is -0.342 e. The Morgan fingerprint density at radius 1 is 1.08 bits per heavy atom. The third-order valence-corrected chi connectivity index (χ3v) is 6.44. The summed E-state index contributed by atoms with van der Waals surface area (Å²) in [5, 5.41) is 2.13. The van der Waals surface area contributed by atoms with Crippen LogP contribution in [-0.2, 0) is 16.0 Å². The highest BCUT2D eigenvalue weighted by molar-refractivity contribution is 7.09. The van der Waals surface area contributed by atoms with E-state index in [1.165, 1.54) is 4.88 Å². The molecule has 5 heteroatoms. The van der Waals surface area contributed by atoms with Crippen LogP contribution < -0.4 is 4.90 Å². The number of anilines is 1. The number of hydrogen-bond donors (Lipinski definition) is 0. The van der Waals surface area contributed by atoms with Crippen molar-refractivity contribution in [3.05, 3.63) is 52.7 Å². The van der Waals surface area contributed by atoms with Gasteiger partial charge in [0.05, 0.1) is 5.92 Å². The molecule has 2 fully saturated rings. The Bertz CT molecular complexity index is 752. The van der Waals surface area contributed by atoms with Crippen molar-refractivity contribution in [2.24, 2.45) is 11.8 Å². The molecule has 4 rings (SSSR count). The quantitative estimate of drug-likeness (QED) is 0.828. The number of carbonyl (C=O) groups is 2. The summed E-state index contributed by atoms with van der Waals surface area (Å²) in [7, 11) is 0. The molecule has 1 aromatic carbocycles. The van der Waals surface area contributed by atoms with Crippen LogP contribution in [-0.4, -0.2) is 36.3 Å². The molecule has 0 aliphatic carbocycles. The zero-order chi connectivity index (χ0) is 17.9. The van der Waals surface area contributed by atoms with Gasteiger partial charge in [0.25, 0.3) is 0 Å². The van der Waals surface area contributed by atoms with Crippen LogP contribution in [0.25, 0.3) is 0 Å². The molecule has 3 heterocycles. The van der Waals surface area contributed by atoms with Crippen LogP contribution in [0.1, 0.15) is 24.1 Å². The second-order valence-corrected chi connectivity index (χ2v) is 8.33. The van der Waals surface area contributed by atoms with Gasteiger partial charge in [-0.3, -0.25) is 9.59 Å². The minimum atomic E-state index is -0.198. The van der Waals surface area contributed by atoms with E-state index in [9.17, 15) is 9.59 Å². The molecule has 136 valence electrons. The molecule has 2 aromatic rings. The summed E-state index contributed by atoms with van der Waals surface area (Å²) in [4.78, 5) is 30.4. The van der Waals surface area contributed by atoms with Crippen molar-refractivity contribution >= 4 is 28.8 Å². The molecule has 2 amide bonds. The first-order chi connectivity index (χ1) is 12.7. The molecule has 0 spiro atoms. The van der Waals surface area contributed by atoms with Crippen LogP contribution in [0.3, 0.4) is 0 Å². The number of thiophene rings is 1. The number of hydrogen-bond acceptors (Lipinski definition) is 3. The summed E-state index contributed by atoms with van der Waals surface area (Å²) in [5.74, 6) is 0.689. The normalized spacial score (nSPS) is 21.4. The van der Waals surface area contributed by atoms with Crippen LogP contribution in [0.5, 0.6) is 0 Å². The summed E-state index contributed by atoms with van der Waals surface area (Å²) in [6.07, 6.45) is 3.59. The highest BCUT2D eigenvalue weighted by Gasteiger charge is 2.38. The smallest absolute Gasteiger partial charge is 0.228 e. The number of piperidine rings is 1. The SMILES string of the molecule is O=C(C1CC(=O)N(c2ccccc2)C1)N1CCC(Cc2cccs2)CC1. The minimum absolute atomic E-state index is 0.0575. The van der Waals surface area contributed by atoms with Crippen molar-refractivity contribution in [2.75, 3.05) is 24.5 Å². The van der Waals surface area contributed by atoms with E-state index in [1.807, 2.05) is 46.6 Å². The maximum atomic E-state index is 12.9. The topological polar surface area (TPSA) is 40.6 Å². The number of benzene rings is 1. The highest BCUT2D eigenvalue weighted by atomic mass is 32.1. The monoisotopic (exact) mass is 368 g/mol. The van der Waals surface area contributed by atoms with Gasteiger partial charge >= 0.3 is 0 Å². The van der Waals surface area contributed by atoms with Gasteiger partial charge in [-0.15, -0.1) is 11.3 Å². The summed E-state index contributed by atoms with van der Waals surface area (Å²) >= 11 is 1.82. The maximum absolute atomic E-state index is 12.9. The Morgan fingerprint density at radius 2 is 1.85 bits per heavy atom. The summed E-state index contributed by atoms with van der Waals surface area (Å²) in [6, 6.07) is 14.0. The van der Waals surface area contributed by atoms with Crippen molar-refractivity contribution < 1.29 is 9.59 Å². The molecule has 0 N–H and O–H groups in total. The van der Waals surface area contributed by atoms with E-state index in [0.717, 1.165) is 38.0 Å². The van der Waals surface area contributed by atoms with Gasteiger partial charge in [0, 0.05) is 36.6 Å². The van der Waals surface area contributed by atoms with Crippen molar-refractivity contribution in [1.82, 2.24) is 4.90 Å². The molecule has 4 nitrogen and oxygen atoms in total. The molecule has 2 aliphatic rings. The second-order valence-electron chi connectivity index (χ2n) is 7.29. The number of rotatable bonds is 4. The number of para-hydroxylation sites is 1. The Balaban J connectivity index is 1.32. The zero-order valence-electron chi connectivity index (χ0n) is 14.8. The summed E-state index contributed by atoms with van der Waals surface area (Å²) < 4.78 is 0. The zero-order valence-corrected chi connectivity index (χ0v) is 15.7. The van der Waals surface area contributed by atoms with Crippen molar-refractivity contribution in [2.45, 2.75) is 25.7 Å². The van der Waals surface area contributed by atoms with Crippen LogP contribution in [0, 0.1) is 11.8 Å². The molecular formula is C21H24N2O2S. The second kappa shape index (κ2) is 7.62. The molecule has 1 atom stereocenters. The number of amides is 2. The molecule has 0 bridgehead atoms. The fourth-order valence-electron chi connectivity index (χ4n) is 4.06. The lowest BCUT2D eigenvalue weighted by Gasteiger charge is -2.33. The summed E-state index contributed by atoms with van der Waals surface area (Å²) in [6.45, 7) is 2.16. The predicted molar refractivity (Wildman–Crippen MR) is 104 cm³/mol. The predicted octanol–water partition coefficient (Wildman–Crippen LogP) is 3.58. The van der Waals surface area contributed by atoms with Gasteiger partial charge in [-0.2, -0.15) is 0 Å². The molecule has 1 aromatic heterocycles. The van der Waals surface area contributed by atoms with E-state index in [1.54, 1.807) is 4.90 Å². The Kier molecular flexibility index (Phi) is 5.07. The van der Waals surface area contributed by atoms with Crippen LogP contribution >= 0.6 is 11.3 Å². The van der Waals surface area contributed by atoms with Gasteiger partial charge in [-0.25, -0.2) is 0 Å². The fourth-order valence-corrected chi connectivity index (χ4v) is 4.88. The van der Waals surface area contributed by atoms with Gasteiger partial charge < -0.3 is 9.80 Å². The highest BCUT2D eigenvalue weighted by Crippen LogP contribution is 2.29. The molecule has 2 saturated heterocycles. The van der Waals surface area contributed by atoms with Crippen molar-refractivity contribution in [1.29, 1.82) is 0 Å². The summed E-state index contributed by atoms with van der Waals surface area (Å²) in [5.41, 5.74) is 0.891. The van der Waals surface area contributed by atoms with Gasteiger partial charge in [0.15, 0.2) is 0 Å². The standard InChI is InChI=1S/C21H24N2O2S/c24-20-14-17(15-23(20)18-5-2-1-3-6-18)21(25)22-10-8-16(9-11-22)13-19-7-4-12-26-19/h1-7,12,16-17H,8-11,13-15H2. The van der Waals surface area contributed by atoms with E-state index >= 15 is 0 Å². The van der Waals surface area contributed by atoms with Crippen LogP contribution in [0.4, 0.5) is 5.69 Å². The first-order valence-electron chi connectivity index (χ1n) is 9.37. The maximum Gasteiger partial charge on any atom is 0.228 e. The van der Waals surface area contributed by atoms with E-state index in [2.05, 4.69) is 17.5 Å². The average Bonchev–Trinajstić information content (AvgIpc) is 3.32. The first kappa shape index (κ1) is 17.3. The molecule has 0 saturated carbocycles. The van der Waals surface area contributed by atoms with Crippen molar-refractivity contribution in [3.63, 3.8) is 0 Å². The van der Waals surface area contributed by atoms with E-state index in [0.29, 0.717) is 18.9 Å². The van der Waals surface area contributed by atoms with Crippen LogP contribution in [0.15, 0.2) is 47.8 Å². The third-order valence-electron chi connectivity index (χ3n) is 5.54. The lowest BCUT2D eigenvalue weighted by molar-refractivity contribution is -0.137. The molecular weight excluding hydrogens is 344 g/mol. The van der Waals surface area contributed by atoms with E-state index in [4.69, 9.17) is 0 Å². The molecule has 1 unspecified atom stereocenters. The Hall–Kier alpha value is -2.14. The average molecular weight is 369 g/mol. The lowest BCUT2D eigenvalue weighted by Crippen LogP contribution is -2.42.